The van der Waals surface area contributed by atoms with Gasteiger partial charge >= 0.3 is 0 Å². The molecule has 1 N–H and O–H groups in total. The third-order valence-corrected chi connectivity index (χ3v) is 7.08. The molecule has 0 aliphatic heterocycles. The fraction of sp³-hybridized carbons (Fsp3) is 0.381. The van der Waals surface area contributed by atoms with Crippen LogP contribution >= 0.6 is 23.1 Å². The van der Waals surface area contributed by atoms with E-state index >= 15 is 0 Å². The summed E-state index contributed by atoms with van der Waals surface area (Å²) in [5.74, 6) is 1.97. The Labute approximate surface area is 173 Å². The number of amides is 1. The van der Waals surface area contributed by atoms with Gasteiger partial charge < -0.3 is 9.88 Å². The molecule has 4 rings (SSSR count). The maximum atomic E-state index is 12.3. The van der Waals surface area contributed by atoms with Crippen LogP contribution in [0.3, 0.4) is 0 Å². The van der Waals surface area contributed by atoms with Crippen LogP contribution in [-0.4, -0.2) is 26.4 Å². The van der Waals surface area contributed by atoms with E-state index in [2.05, 4.69) is 39.3 Å². The van der Waals surface area contributed by atoms with Crippen LogP contribution in [0.4, 0.5) is 5.69 Å². The van der Waals surface area contributed by atoms with Crippen LogP contribution in [0.1, 0.15) is 30.7 Å². The molecule has 0 radical (unpaired) electrons. The summed E-state index contributed by atoms with van der Waals surface area (Å²) < 4.78 is 2.13. The first-order valence-corrected chi connectivity index (χ1v) is 11.5. The number of aromatic nitrogens is 3. The van der Waals surface area contributed by atoms with Crippen molar-refractivity contribution in [3.63, 3.8) is 0 Å². The fourth-order valence-electron chi connectivity index (χ4n) is 3.59. The number of nitrogens with one attached hydrogen (secondary N) is 1. The Morgan fingerprint density at radius 2 is 2.14 bits per heavy atom. The number of para-hydroxylation sites is 1. The monoisotopic (exact) mass is 412 g/mol. The summed E-state index contributed by atoms with van der Waals surface area (Å²) in [5.41, 5.74) is 3.48. The van der Waals surface area contributed by atoms with Crippen LogP contribution in [0.5, 0.6) is 0 Å². The summed E-state index contributed by atoms with van der Waals surface area (Å²) in [6, 6.07) is 9.51. The molecule has 5 nitrogen and oxygen atoms in total. The second kappa shape index (κ2) is 8.49. The number of hydrogen-bond donors (Lipinski definition) is 1. The Bertz CT molecular complexity index is 964. The normalized spacial score (nSPS) is 16.0. The lowest BCUT2D eigenvalue weighted by Crippen LogP contribution is -2.14. The summed E-state index contributed by atoms with van der Waals surface area (Å²) in [6.07, 6.45) is 3.52. The Kier molecular flexibility index (Phi) is 5.82. The largest absolute Gasteiger partial charge is 0.325 e. The molecule has 146 valence electrons. The average molecular weight is 413 g/mol. The molecule has 2 heterocycles. The summed E-state index contributed by atoms with van der Waals surface area (Å²) in [5, 5.41) is 14.8. The van der Waals surface area contributed by atoms with Crippen molar-refractivity contribution in [2.45, 2.75) is 44.8 Å². The second-order valence-corrected chi connectivity index (χ2v) is 9.06. The topological polar surface area (TPSA) is 59.8 Å². The van der Waals surface area contributed by atoms with Crippen molar-refractivity contribution < 1.29 is 4.79 Å². The van der Waals surface area contributed by atoms with Gasteiger partial charge in [0.2, 0.25) is 5.91 Å². The highest BCUT2D eigenvalue weighted by Gasteiger charge is 2.24. The van der Waals surface area contributed by atoms with Crippen LogP contribution in [0.2, 0.25) is 0 Å². The van der Waals surface area contributed by atoms with Gasteiger partial charge in [-0.1, -0.05) is 36.9 Å². The maximum Gasteiger partial charge on any atom is 0.234 e. The van der Waals surface area contributed by atoms with Crippen LogP contribution in [0.15, 0.2) is 40.9 Å². The molecule has 0 saturated heterocycles. The number of carbonyl (C=O) groups is 1. The van der Waals surface area contributed by atoms with Crippen molar-refractivity contribution in [3.8, 4) is 11.4 Å². The first-order valence-electron chi connectivity index (χ1n) is 9.66. The number of fused-ring (bicyclic) bond motifs is 1. The molecule has 1 unspecified atom stereocenters. The molecule has 1 aliphatic rings. The van der Waals surface area contributed by atoms with Gasteiger partial charge in [-0.15, -0.1) is 21.5 Å². The maximum absolute atomic E-state index is 12.3. The highest BCUT2D eigenvalue weighted by atomic mass is 32.2. The predicted molar refractivity (Wildman–Crippen MR) is 116 cm³/mol. The number of thiophene rings is 1. The quantitative estimate of drug-likeness (QED) is 0.586. The van der Waals surface area contributed by atoms with Gasteiger partial charge in [0, 0.05) is 28.1 Å². The van der Waals surface area contributed by atoms with Crippen LogP contribution < -0.4 is 5.32 Å². The molecule has 0 bridgehead atoms. The molecule has 1 aliphatic carbocycles. The van der Waals surface area contributed by atoms with Gasteiger partial charge in [0.15, 0.2) is 11.0 Å². The average Bonchev–Trinajstić information content (AvgIpc) is 3.29. The lowest BCUT2D eigenvalue weighted by molar-refractivity contribution is -0.113. The van der Waals surface area contributed by atoms with Crippen LogP contribution in [-0.2, 0) is 24.2 Å². The van der Waals surface area contributed by atoms with Gasteiger partial charge in [-0.2, -0.15) is 0 Å². The fourth-order valence-corrected chi connectivity index (χ4v) is 5.64. The zero-order chi connectivity index (χ0) is 19.5. The van der Waals surface area contributed by atoms with Crippen molar-refractivity contribution in [1.82, 2.24) is 14.8 Å². The van der Waals surface area contributed by atoms with Gasteiger partial charge in [0.1, 0.15) is 0 Å². The number of carbonyl (C=O) groups excluding carboxylic acids is 1. The van der Waals surface area contributed by atoms with E-state index in [9.17, 15) is 4.79 Å². The van der Waals surface area contributed by atoms with E-state index in [1.807, 2.05) is 41.7 Å². The highest BCUT2D eigenvalue weighted by Crippen LogP contribution is 2.38. The number of hydrogen-bond acceptors (Lipinski definition) is 5. The van der Waals surface area contributed by atoms with Gasteiger partial charge in [-0.3, -0.25) is 4.79 Å². The Hall–Kier alpha value is -2.12. The first-order chi connectivity index (χ1) is 13.7. The van der Waals surface area contributed by atoms with Gasteiger partial charge in [-0.25, -0.2) is 0 Å². The number of anilines is 1. The summed E-state index contributed by atoms with van der Waals surface area (Å²) >= 11 is 3.28. The van der Waals surface area contributed by atoms with Gasteiger partial charge in [0.25, 0.3) is 0 Å². The van der Waals surface area contributed by atoms with Crippen molar-refractivity contribution >= 4 is 34.7 Å². The van der Waals surface area contributed by atoms with E-state index < -0.39 is 0 Å². The molecular weight excluding hydrogens is 388 g/mol. The summed E-state index contributed by atoms with van der Waals surface area (Å²) in [6.45, 7) is 5.21. The van der Waals surface area contributed by atoms with E-state index in [1.165, 1.54) is 40.6 Å². The second-order valence-electron chi connectivity index (χ2n) is 7.15. The van der Waals surface area contributed by atoms with E-state index in [4.69, 9.17) is 0 Å². The zero-order valence-corrected chi connectivity index (χ0v) is 17.8. The molecule has 1 aromatic carbocycles. The third kappa shape index (κ3) is 4.00. The number of nitrogens with zero attached hydrogens (tertiary/aromatic N) is 3. The van der Waals surface area contributed by atoms with E-state index in [0.717, 1.165) is 35.6 Å². The van der Waals surface area contributed by atoms with Crippen molar-refractivity contribution in [2.75, 3.05) is 11.1 Å². The van der Waals surface area contributed by atoms with Gasteiger partial charge in [-0.05, 0) is 49.8 Å². The van der Waals surface area contributed by atoms with Crippen molar-refractivity contribution in [2.24, 2.45) is 5.92 Å². The lowest BCUT2D eigenvalue weighted by Gasteiger charge is -2.19. The first kappa shape index (κ1) is 19.2. The van der Waals surface area contributed by atoms with Crippen LogP contribution in [0, 0.1) is 5.92 Å². The van der Waals surface area contributed by atoms with Crippen LogP contribution in [0.25, 0.3) is 11.4 Å². The zero-order valence-electron chi connectivity index (χ0n) is 16.1. The van der Waals surface area contributed by atoms with E-state index in [1.54, 1.807) is 0 Å². The molecule has 3 aromatic rings. The minimum atomic E-state index is -0.0368. The molecule has 0 spiro atoms. The molecule has 28 heavy (non-hydrogen) atoms. The highest BCUT2D eigenvalue weighted by molar-refractivity contribution is 7.99. The molecule has 1 atom stereocenters. The molecule has 1 amide bonds. The van der Waals surface area contributed by atoms with E-state index in [-0.39, 0.29) is 5.91 Å². The van der Waals surface area contributed by atoms with Gasteiger partial charge in [0.05, 0.1) is 5.75 Å². The SMILES string of the molecule is CCn1c(SCC(=O)Nc2ccccc2)nnc1-c1csc2c1CCC(C)C2. The predicted octanol–water partition coefficient (Wildman–Crippen LogP) is 4.88. The third-order valence-electron chi connectivity index (χ3n) is 5.07. The number of rotatable bonds is 6. The summed E-state index contributed by atoms with van der Waals surface area (Å²) in [7, 11) is 0. The Morgan fingerprint density at radius 3 is 2.93 bits per heavy atom. The number of benzene rings is 1. The Balaban J connectivity index is 1.48. The molecule has 0 fully saturated rings. The molecule has 7 heteroatoms. The molecule has 2 aromatic heterocycles. The molecular formula is C21H24N4OS2. The Morgan fingerprint density at radius 1 is 1.32 bits per heavy atom. The minimum absolute atomic E-state index is 0.0368. The summed E-state index contributed by atoms with van der Waals surface area (Å²) in [4.78, 5) is 13.8. The standard InChI is InChI=1S/C21H24N4OS2/c1-3-25-20(17-12-27-18-11-14(2)9-10-16(17)18)23-24-21(25)28-13-19(26)22-15-7-5-4-6-8-15/h4-8,12,14H,3,9-11,13H2,1-2H3,(H,22,26). The van der Waals surface area contributed by atoms with Crippen molar-refractivity contribution in [3.05, 3.63) is 46.2 Å². The molecule has 0 saturated carbocycles. The van der Waals surface area contributed by atoms with Crippen molar-refractivity contribution in [1.29, 1.82) is 0 Å². The lowest BCUT2D eigenvalue weighted by atomic mass is 9.88. The minimum Gasteiger partial charge on any atom is -0.325 e. The number of thioether (sulfide) groups is 1. The van der Waals surface area contributed by atoms with E-state index in [0.29, 0.717) is 5.75 Å². The smallest absolute Gasteiger partial charge is 0.234 e.